The lowest BCUT2D eigenvalue weighted by Gasteiger charge is -2.11. The number of aromatic nitrogens is 3. The summed E-state index contributed by atoms with van der Waals surface area (Å²) in [4.78, 5) is 17.9. The number of nitrogens with one attached hydrogen (secondary N) is 2. The third kappa shape index (κ3) is 2.38. The van der Waals surface area contributed by atoms with Crippen molar-refractivity contribution in [2.24, 2.45) is 5.73 Å². The molecule has 116 valence electrons. The molecule has 1 unspecified atom stereocenters. The van der Waals surface area contributed by atoms with Gasteiger partial charge in [0.25, 0.3) is 5.91 Å². The Hall–Kier alpha value is -2.38. The van der Waals surface area contributed by atoms with Crippen LogP contribution in [0.1, 0.15) is 27.5 Å². The number of rotatable bonds is 2. The van der Waals surface area contributed by atoms with Crippen molar-refractivity contribution in [3.05, 3.63) is 47.3 Å². The second kappa shape index (κ2) is 5.36. The number of fused-ring (bicyclic) bond motifs is 2. The van der Waals surface area contributed by atoms with Gasteiger partial charge in [-0.25, -0.2) is 4.98 Å². The highest BCUT2D eigenvalue weighted by Gasteiger charge is 2.23. The average molecular weight is 325 g/mol. The Morgan fingerprint density at radius 3 is 3.22 bits per heavy atom. The first-order valence-electron chi connectivity index (χ1n) is 7.26. The van der Waals surface area contributed by atoms with Crippen LogP contribution in [0.15, 0.2) is 35.5 Å². The molecule has 0 bridgehead atoms. The standard InChI is InChI=1S/C16H15N5OS/c1-8-4-10-12(17)7-23-14(10)5-9(8)16(22)20-13-2-3-18-15-11(13)6-19-21-15/h2-6,12H,7,17H2,1H3,(H2,18,19,20,21,22). The minimum absolute atomic E-state index is 0.0524. The Bertz CT molecular complexity index is 920. The fraction of sp³-hybridized carbons (Fsp3) is 0.188. The van der Waals surface area contributed by atoms with E-state index in [2.05, 4.69) is 20.5 Å². The van der Waals surface area contributed by atoms with Crippen molar-refractivity contribution in [3.63, 3.8) is 0 Å². The number of carbonyl (C=O) groups is 1. The summed E-state index contributed by atoms with van der Waals surface area (Å²) in [7, 11) is 0. The molecule has 1 atom stereocenters. The molecular formula is C16H15N5OS. The predicted octanol–water partition coefficient (Wildman–Crippen LogP) is 2.62. The number of anilines is 1. The number of thioether (sulfide) groups is 1. The van der Waals surface area contributed by atoms with Crippen LogP contribution in [0, 0.1) is 6.92 Å². The van der Waals surface area contributed by atoms with E-state index in [1.807, 2.05) is 19.1 Å². The van der Waals surface area contributed by atoms with E-state index in [0.29, 0.717) is 16.9 Å². The molecule has 1 aromatic carbocycles. The molecule has 6 nitrogen and oxygen atoms in total. The van der Waals surface area contributed by atoms with Gasteiger partial charge in [-0.2, -0.15) is 5.10 Å². The number of benzene rings is 1. The van der Waals surface area contributed by atoms with Crippen LogP contribution in [0.25, 0.3) is 11.0 Å². The number of pyridine rings is 1. The maximum absolute atomic E-state index is 12.7. The molecule has 4 N–H and O–H groups in total. The van der Waals surface area contributed by atoms with Gasteiger partial charge in [-0.05, 0) is 30.2 Å². The Balaban J connectivity index is 1.69. The first-order chi connectivity index (χ1) is 11.1. The largest absolute Gasteiger partial charge is 0.323 e. The number of aryl methyl sites for hydroxylation is 1. The van der Waals surface area contributed by atoms with Crippen LogP contribution in [-0.4, -0.2) is 26.8 Å². The van der Waals surface area contributed by atoms with Gasteiger partial charge in [-0.15, -0.1) is 11.8 Å². The van der Waals surface area contributed by atoms with E-state index >= 15 is 0 Å². The van der Waals surface area contributed by atoms with Crippen molar-refractivity contribution in [2.45, 2.75) is 17.9 Å². The summed E-state index contributed by atoms with van der Waals surface area (Å²) in [5.74, 6) is 0.722. The summed E-state index contributed by atoms with van der Waals surface area (Å²) in [6, 6.07) is 5.78. The number of H-pyrrole nitrogens is 1. The Morgan fingerprint density at radius 1 is 1.48 bits per heavy atom. The molecule has 1 aliphatic heterocycles. The van der Waals surface area contributed by atoms with Gasteiger partial charge in [0, 0.05) is 28.5 Å². The lowest BCUT2D eigenvalue weighted by molar-refractivity contribution is 0.102. The highest BCUT2D eigenvalue weighted by molar-refractivity contribution is 7.99. The Morgan fingerprint density at radius 2 is 2.35 bits per heavy atom. The normalized spacial score (nSPS) is 16.5. The topological polar surface area (TPSA) is 96.7 Å². The minimum Gasteiger partial charge on any atom is -0.323 e. The van der Waals surface area contributed by atoms with Crippen molar-refractivity contribution < 1.29 is 4.79 Å². The van der Waals surface area contributed by atoms with E-state index in [4.69, 9.17) is 5.73 Å². The van der Waals surface area contributed by atoms with E-state index in [1.54, 1.807) is 30.2 Å². The Labute approximate surface area is 136 Å². The quantitative estimate of drug-likeness (QED) is 0.673. The molecule has 23 heavy (non-hydrogen) atoms. The monoisotopic (exact) mass is 325 g/mol. The summed E-state index contributed by atoms with van der Waals surface area (Å²) in [5.41, 5.74) is 10.1. The molecule has 3 aromatic rings. The summed E-state index contributed by atoms with van der Waals surface area (Å²) in [5, 5.41) is 10.5. The summed E-state index contributed by atoms with van der Waals surface area (Å²) in [6.07, 6.45) is 3.29. The molecule has 0 fully saturated rings. The zero-order valence-electron chi connectivity index (χ0n) is 12.5. The molecule has 1 aliphatic rings. The van der Waals surface area contributed by atoms with Gasteiger partial charge >= 0.3 is 0 Å². The number of hydrogen-bond donors (Lipinski definition) is 3. The second-order valence-corrected chi connectivity index (χ2v) is 6.63. The van der Waals surface area contributed by atoms with Gasteiger partial charge in [0.2, 0.25) is 0 Å². The van der Waals surface area contributed by atoms with Crippen LogP contribution in [-0.2, 0) is 0 Å². The van der Waals surface area contributed by atoms with Gasteiger partial charge in [0.1, 0.15) is 0 Å². The zero-order valence-corrected chi connectivity index (χ0v) is 13.3. The van der Waals surface area contributed by atoms with Gasteiger partial charge in [-0.1, -0.05) is 6.07 Å². The molecule has 4 rings (SSSR count). The van der Waals surface area contributed by atoms with Crippen LogP contribution in [0.2, 0.25) is 0 Å². The second-order valence-electron chi connectivity index (χ2n) is 5.57. The highest BCUT2D eigenvalue weighted by Crippen LogP contribution is 2.38. The van der Waals surface area contributed by atoms with Crippen LogP contribution >= 0.6 is 11.8 Å². The van der Waals surface area contributed by atoms with E-state index in [0.717, 1.165) is 27.2 Å². The number of amides is 1. The molecule has 7 heteroatoms. The Kier molecular flexibility index (Phi) is 3.32. The molecule has 1 amide bonds. The van der Waals surface area contributed by atoms with Crippen molar-refractivity contribution in [1.29, 1.82) is 0 Å². The van der Waals surface area contributed by atoms with E-state index in [1.165, 1.54) is 0 Å². The van der Waals surface area contributed by atoms with E-state index in [-0.39, 0.29) is 11.9 Å². The maximum atomic E-state index is 12.7. The number of nitrogens with zero attached hydrogens (tertiary/aromatic N) is 2. The molecule has 0 spiro atoms. The van der Waals surface area contributed by atoms with Gasteiger partial charge in [-0.3, -0.25) is 9.89 Å². The number of nitrogens with two attached hydrogens (primary N) is 1. The lowest BCUT2D eigenvalue weighted by Crippen LogP contribution is -2.15. The summed E-state index contributed by atoms with van der Waals surface area (Å²) < 4.78 is 0. The number of carbonyl (C=O) groups excluding carboxylic acids is 1. The molecule has 2 aromatic heterocycles. The smallest absolute Gasteiger partial charge is 0.255 e. The third-order valence-electron chi connectivity index (χ3n) is 4.02. The van der Waals surface area contributed by atoms with Crippen molar-refractivity contribution >= 4 is 34.4 Å². The van der Waals surface area contributed by atoms with Crippen LogP contribution in [0.5, 0.6) is 0 Å². The molecule has 0 saturated heterocycles. The first kappa shape index (κ1) is 14.2. The fourth-order valence-corrected chi connectivity index (χ4v) is 3.91. The minimum atomic E-state index is -0.139. The molecule has 0 aliphatic carbocycles. The summed E-state index contributed by atoms with van der Waals surface area (Å²) in [6.45, 7) is 1.94. The van der Waals surface area contributed by atoms with Crippen LogP contribution in [0.4, 0.5) is 5.69 Å². The lowest BCUT2D eigenvalue weighted by atomic mass is 10.0. The van der Waals surface area contributed by atoms with Crippen molar-refractivity contribution in [1.82, 2.24) is 15.2 Å². The average Bonchev–Trinajstić information content (AvgIpc) is 3.14. The molecular weight excluding hydrogens is 310 g/mol. The van der Waals surface area contributed by atoms with Crippen molar-refractivity contribution in [3.8, 4) is 0 Å². The van der Waals surface area contributed by atoms with Gasteiger partial charge < -0.3 is 11.1 Å². The third-order valence-corrected chi connectivity index (χ3v) is 5.21. The molecule has 3 heterocycles. The van der Waals surface area contributed by atoms with Crippen LogP contribution < -0.4 is 11.1 Å². The first-order valence-corrected chi connectivity index (χ1v) is 8.24. The van der Waals surface area contributed by atoms with E-state index < -0.39 is 0 Å². The van der Waals surface area contributed by atoms with Crippen LogP contribution in [0.3, 0.4) is 0 Å². The molecule has 0 radical (unpaired) electrons. The van der Waals surface area contributed by atoms with Gasteiger partial charge in [0.15, 0.2) is 5.65 Å². The summed E-state index contributed by atoms with van der Waals surface area (Å²) >= 11 is 1.70. The molecule has 0 saturated carbocycles. The number of hydrogen-bond acceptors (Lipinski definition) is 5. The highest BCUT2D eigenvalue weighted by atomic mass is 32.2. The fourth-order valence-electron chi connectivity index (χ4n) is 2.79. The maximum Gasteiger partial charge on any atom is 0.255 e. The van der Waals surface area contributed by atoms with Gasteiger partial charge in [0.05, 0.1) is 17.3 Å². The number of aromatic amines is 1. The van der Waals surface area contributed by atoms with E-state index in [9.17, 15) is 4.79 Å². The van der Waals surface area contributed by atoms with Crippen molar-refractivity contribution in [2.75, 3.05) is 11.1 Å². The zero-order chi connectivity index (χ0) is 16.0. The predicted molar refractivity (Wildman–Crippen MR) is 90.7 cm³/mol. The SMILES string of the molecule is Cc1cc2c(cc1C(=O)Nc1ccnc3[nH]ncc13)SCC2N.